The van der Waals surface area contributed by atoms with Gasteiger partial charge >= 0.3 is 0 Å². The van der Waals surface area contributed by atoms with Crippen molar-refractivity contribution in [2.75, 3.05) is 0 Å². The predicted molar refractivity (Wildman–Crippen MR) is 36.4 cm³/mol. The van der Waals surface area contributed by atoms with Gasteiger partial charge in [-0.05, 0) is 12.8 Å². The summed E-state index contributed by atoms with van der Waals surface area (Å²) >= 11 is 0. The van der Waals surface area contributed by atoms with E-state index in [4.69, 9.17) is 0 Å². The van der Waals surface area contributed by atoms with Crippen LogP contribution in [0, 0.1) is 5.92 Å². The molecule has 0 aromatic heterocycles. The molecule has 0 rings (SSSR count). The number of hydrogen-bond acceptors (Lipinski definition) is 0. The second kappa shape index (κ2) is 15.7. The van der Waals surface area contributed by atoms with Crippen LogP contribution >= 0.6 is 0 Å². The molecule has 0 amide bonds. The van der Waals surface area contributed by atoms with Crippen LogP contribution in [0.3, 0.4) is 0 Å². The summed E-state index contributed by atoms with van der Waals surface area (Å²) in [4.78, 5) is 0. The molecule has 0 heterocycles. The summed E-state index contributed by atoms with van der Waals surface area (Å²) in [5.74, 6) is 0.833. The van der Waals surface area contributed by atoms with Crippen LogP contribution in [-0.2, 0) is 19.5 Å². The van der Waals surface area contributed by atoms with Crippen molar-refractivity contribution in [2.45, 2.75) is 27.7 Å². The molecule has 0 aromatic rings. The average molecular weight is 166 g/mol. The third-order valence-electron chi connectivity index (χ3n) is 0. The topological polar surface area (TPSA) is 0 Å². The van der Waals surface area contributed by atoms with Crippen LogP contribution in [0.1, 0.15) is 27.7 Å². The molecule has 0 aliphatic rings. The molecule has 0 fully saturated rings. The molecule has 0 N–H and O–H groups in total. The van der Waals surface area contributed by atoms with Crippen molar-refractivity contribution in [3.8, 4) is 0 Å². The van der Waals surface area contributed by atoms with Crippen molar-refractivity contribution < 1.29 is 19.5 Å². The maximum atomic E-state index is 3.36. The van der Waals surface area contributed by atoms with Crippen molar-refractivity contribution in [3.63, 3.8) is 0 Å². The van der Waals surface area contributed by atoms with Gasteiger partial charge in [0.2, 0.25) is 0 Å². The normalized spacial score (nSPS) is 6.12. The first-order chi connectivity index (χ1) is 3.15. The molecule has 0 unspecified atom stereocenters. The molecular formula is C7H16Zn. The minimum atomic E-state index is 0. The van der Waals surface area contributed by atoms with Gasteiger partial charge in [0.1, 0.15) is 0 Å². The maximum absolute atomic E-state index is 3.36. The third kappa shape index (κ3) is 1390. The minimum Gasteiger partial charge on any atom is -0.103 e. The second-order valence-corrected chi connectivity index (χ2v) is 2.14. The van der Waals surface area contributed by atoms with Gasteiger partial charge in [-0.1, -0.05) is 26.8 Å². The van der Waals surface area contributed by atoms with Gasteiger partial charge in [0, 0.05) is 19.5 Å². The fourth-order valence-electron chi connectivity index (χ4n) is 0. The fraction of sp³-hybridized carbons (Fsp3) is 0.714. The predicted octanol–water partition coefficient (Wildman–Crippen LogP) is 2.85. The molecule has 0 radical (unpaired) electrons. The van der Waals surface area contributed by atoms with Crippen molar-refractivity contribution in [1.82, 2.24) is 0 Å². The first-order valence-electron chi connectivity index (χ1n) is 2.72. The van der Waals surface area contributed by atoms with E-state index in [1.165, 1.54) is 0 Å². The Morgan fingerprint density at radius 1 is 1.25 bits per heavy atom. The van der Waals surface area contributed by atoms with Crippen LogP contribution in [0.25, 0.3) is 0 Å². The van der Waals surface area contributed by atoms with E-state index in [2.05, 4.69) is 27.4 Å². The van der Waals surface area contributed by atoms with E-state index in [1.807, 2.05) is 6.92 Å². The molecule has 0 aliphatic heterocycles. The molecule has 0 aliphatic carbocycles. The van der Waals surface area contributed by atoms with Crippen LogP contribution in [0.5, 0.6) is 0 Å². The van der Waals surface area contributed by atoms with Crippen molar-refractivity contribution in [1.29, 1.82) is 0 Å². The number of rotatable bonds is 0. The van der Waals surface area contributed by atoms with Crippen LogP contribution in [0.4, 0.5) is 0 Å². The molecule has 0 aromatic carbocycles. The SMILES string of the molecule is C=CC.CC(C)C.[Zn]. The third-order valence-corrected chi connectivity index (χ3v) is 0. The van der Waals surface area contributed by atoms with E-state index < -0.39 is 0 Å². The Morgan fingerprint density at radius 3 is 1.25 bits per heavy atom. The Kier molecular flexibility index (Phi) is 30.9. The van der Waals surface area contributed by atoms with Gasteiger partial charge in [0.15, 0.2) is 0 Å². The smallest absolute Gasteiger partial charge is 0 e. The quantitative estimate of drug-likeness (QED) is 0.383. The zero-order chi connectivity index (χ0) is 6.28. The summed E-state index contributed by atoms with van der Waals surface area (Å²) in [7, 11) is 0. The molecule has 0 saturated carbocycles. The molecule has 0 spiro atoms. The van der Waals surface area contributed by atoms with E-state index in [0.29, 0.717) is 0 Å². The zero-order valence-corrected chi connectivity index (χ0v) is 9.54. The van der Waals surface area contributed by atoms with Crippen molar-refractivity contribution in [3.05, 3.63) is 12.7 Å². The van der Waals surface area contributed by atoms with Gasteiger partial charge in [-0.2, -0.15) is 0 Å². The van der Waals surface area contributed by atoms with E-state index in [9.17, 15) is 0 Å². The Bertz CT molecular complexity index is 28.6. The number of allylic oxidation sites excluding steroid dienone is 1. The van der Waals surface area contributed by atoms with Gasteiger partial charge in [0.25, 0.3) is 0 Å². The standard InChI is InChI=1S/C4H10.C3H6.Zn/c1-4(2)3;1-3-2;/h4H,1-3H3;3H,1H2,2H3;. The van der Waals surface area contributed by atoms with Crippen LogP contribution < -0.4 is 0 Å². The monoisotopic (exact) mass is 164 g/mol. The minimum absolute atomic E-state index is 0. The van der Waals surface area contributed by atoms with Gasteiger partial charge in [-0.3, -0.25) is 0 Å². The molecular weight excluding hydrogens is 149 g/mol. The van der Waals surface area contributed by atoms with Crippen molar-refractivity contribution in [2.24, 2.45) is 5.92 Å². The summed E-state index contributed by atoms with van der Waals surface area (Å²) in [6, 6.07) is 0. The van der Waals surface area contributed by atoms with E-state index in [-0.39, 0.29) is 19.5 Å². The van der Waals surface area contributed by atoms with E-state index in [1.54, 1.807) is 6.08 Å². The molecule has 0 atom stereocenters. The molecule has 0 bridgehead atoms. The fourth-order valence-corrected chi connectivity index (χ4v) is 0. The van der Waals surface area contributed by atoms with Gasteiger partial charge in [-0.15, -0.1) is 6.58 Å². The van der Waals surface area contributed by atoms with Crippen LogP contribution in [-0.4, -0.2) is 0 Å². The van der Waals surface area contributed by atoms with Crippen molar-refractivity contribution >= 4 is 0 Å². The zero-order valence-electron chi connectivity index (χ0n) is 6.57. The molecule has 8 heavy (non-hydrogen) atoms. The average Bonchev–Trinajstić information content (AvgIpc) is 1.33. The summed E-state index contributed by atoms with van der Waals surface area (Å²) in [5, 5.41) is 0. The Balaban J connectivity index is -0.0000000575. The van der Waals surface area contributed by atoms with Gasteiger partial charge < -0.3 is 0 Å². The summed E-state index contributed by atoms with van der Waals surface area (Å²) in [6.45, 7) is 11.7. The van der Waals surface area contributed by atoms with Gasteiger partial charge in [0.05, 0.1) is 0 Å². The Hall–Kier alpha value is 0.363. The molecule has 0 saturated heterocycles. The Morgan fingerprint density at radius 2 is 1.25 bits per heavy atom. The molecule has 1 heteroatoms. The van der Waals surface area contributed by atoms with E-state index >= 15 is 0 Å². The summed E-state index contributed by atoms with van der Waals surface area (Å²) in [6.07, 6.45) is 1.75. The van der Waals surface area contributed by atoms with Crippen LogP contribution in [0.2, 0.25) is 0 Å². The van der Waals surface area contributed by atoms with E-state index in [0.717, 1.165) is 5.92 Å². The number of hydrogen-bond donors (Lipinski definition) is 0. The van der Waals surface area contributed by atoms with Gasteiger partial charge in [-0.25, -0.2) is 0 Å². The largest absolute Gasteiger partial charge is 0.103 e. The molecule has 46 valence electrons. The first kappa shape index (κ1) is 15.8. The molecule has 0 nitrogen and oxygen atoms in total. The second-order valence-electron chi connectivity index (χ2n) is 2.14. The maximum Gasteiger partial charge on any atom is 0 e. The summed E-state index contributed by atoms with van der Waals surface area (Å²) in [5.41, 5.74) is 0. The summed E-state index contributed by atoms with van der Waals surface area (Å²) < 4.78 is 0. The Labute approximate surface area is 66.1 Å². The van der Waals surface area contributed by atoms with Crippen LogP contribution in [0.15, 0.2) is 12.7 Å². The first-order valence-corrected chi connectivity index (χ1v) is 2.72.